The summed E-state index contributed by atoms with van der Waals surface area (Å²) >= 11 is 0. The molecular weight excluding hydrogens is 424 g/mol. The standard InChI is InChI=1S/C24H24N4O5/c1-16(29)26-17-7-6-8-19(13-17)33-12-5-4-11-25-24(30)22-15-21(27-28-22)20-14-18(31-2)9-10-23(20)32-3/h6-10,13-15H,11-12H2,1-3H3,(H,25,30)(H,26,29)(H,27,28). The lowest BCUT2D eigenvalue weighted by Crippen LogP contribution is -2.24. The number of hydrogen-bond donors (Lipinski definition) is 3. The summed E-state index contributed by atoms with van der Waals surface area (Å²) in [7, 11) is 3.14. The van der Waals surface area contributed by atoms with Crippen molar-refractivity contribution >= 4 is 17.5 Å². The van der Waals surface area contributed by atoms with E-state index in [1.54, 1.807) is 62.8 Å². The van der Waals surface area contributed by atoms with Crippen LogP contribution in [0.15, 0.2) is 48.5 Å². The van der Waals surface area contributed by atoms with Crippen LogP contribution < -0.4 is 24.8 Å². The first kappa shape index (κ1) is 23.2. The summed E-state index contributed by atoms with van der Waals surface area (Å²) in [5.41, 5.74) is 2.19. The van der Waals surface area contributed by atoms with Gasteiger partial charge in [0.15, 0.2) is 0 Å². The van der Waals surface area contributed by atoms with Gasteiger partial charge in [0.05, 0.1) is 26.5 Å². The second kappa shape index (κ2) is 11.2. The van der Waals surface area contributed by atoms with Crippen molar-refractivity contribution in [3.63, 3.8) is 0 Å². The van der Waals surface area contributed by atoms with Gasteiger partial charge >= 0.3 is 0 Å². The van der Waals surface area contributed by atoms with Gasteiger partial charge in [-0.2, -0.15) is 5.10 Å². The monoisotopic (exact) mass is 448 g/mol. The molecule has 1 aromatic heterocycles. The van der Waals surface area contributed by atoms with E-state index >= 15 is 0 Å². The van der Waals surface area contributed by atoms with Crippen LogP contribution in [-0.2, 0) is 4.79 Å². The number of amides is 2. The molecule has 3 N–H and O–H groups in total. The van der Waals surface area contributed by atoms with E-state index in [-0.39, 0.29) is 25.0 Å². The number of benzene rings is 2. The first-order chi connectivity index (χ1) is 16.0. The number of carbonyl (C=O) groups is 2. The molecule has 0 saturated heterocycles. The molecule has 9 nitrogen and oxygen atoms in total. The molecule has 0 spiro atoms. The van der Waals surface area contributed by atoms with E-state index in [0.29, 0.717) is 39.9 Å². The van der Waals surface area contributed by atoms with E-state index in [0.717, 1.165) is 0 Å². The molecule has 2 amide bonds. The van der Waals surface area contributed by atoms with Crippen LogP contribution in [0.2, 0.25) is 0 Å². The quantitative estimate of drug-likeness (QED) is 0.457. The first-order valence-corrected chi connectivity index (χ1v) is 10.0. The van der Waals surface area contributed by atoms with Gasteiger partial charge in [-0.05, 0) is 36.4 Å². The Morgan fingerprint density at radius 2 is 1.88 bits per heavy atom. The zero-order valence-corrected chi connectivity index (χ0v) is 18.5. The lowest BCUT2D eigenvalue weighted by atomic mass is 10.1. The SMILES string of the molecule is COc1ccc(OC)c(-c2cc(C(=O)NCC#CCOc3cccc(NC(C)=O)c3)[nH]n2)c1. The van der Waals surface area contributed by atoms with Crippen molar-refractivity contribution in [3.8, 4) is 40.3 Å². The summed E-state index contributed by atoms with van der Waals surface area (Å²) in [4.78, 5) is 23.5. The number of nitrogens with one attached hydrogen (secondary N) is 3. The largest absolute Gasteiger partial charge is 0.497 e. The van der Waals surface area contributed by atoms with E-state index in [1.165, 1.54) is 6.92 Å². The fourth-order valence-corrected chi connectivity index (χ4v) is 2.91. The van der Waals surface area contributed by atoms with Crippen LogP contribution in [-0.4, -0.2) is 49.4 Å². The molecule has 9 heteroatoms. The maximum Gasteiger partial charge on any atom is 0.270 e. The predicted octanol–water partition coefficient (Wildman–Crippen LogP) is 2.86. The molecule has 3 rings (SSSR count). The minimum atomic E-state index is -0.339. The van der Waals surface area contributed by atoms with Crippen molar-refractivity contribution in [2.45, 2.75) is 6.92 Å². The van der Waals surface area contributed by atoms with Crippen LogP contribution in [0.4, 0.5) is 5.69 Å². The van der Waals surface area contributed by atoms with Crippen molar-refractivity contribution < 1.29 is 23.8 Å². The average Bonchev–Trinajstić information content (AvgIpc) is 3.31. The number of rotatable bonds is 8. The van der Waals surface area contributed by atoms with E-state index < -0.39 is 0 Å². The number of methoxy groups -OCH3 is 2. The van der Waals surface area contributed by atoms with Gasteiger partial charge < -0.3 is 24.8 Å². The second-order valence-electron chi connectivity index (χ2n) is 6.77. The third-order valence-corrected chi connectivity index (χ3v) is 4.43. The Kier molecular flexibility index (Phi) is 7.91. The Bertz CT molecular complexity index is 1190. The van der Waals surface area contributed by atoms with E-state index in [4.69, 9.17) is 14.2 Å². The molecule has 0 aliphatic heterocycles. The molecule has 0 aliphatic rings. The van der Waals surface area contributed by atoms with E-state index in [2.05, 4.69) is 32.7 Å². The highest BCUT2D eigenvalue weighted by Crippen LogP contribution is 2.32. The zero-order valence-electron chi connectivity index (χ0n) is 18.5. The molecule has 0 aliphatic carbocycles. The number of anilines is 1. The van der Waals surface area contributed by atoms with E-state index in [9.17, 15) is 9.59 Å². The third-order valence-electron chi connectivity index (χ3n) is 4.43. The molecule has 3 aromatic rings. The number of hydrogen-bond acceptors (Lipinski definition) is 6. The molecule has 0 saturated carbocycles. The number of carbonyl (C=O) groups excluding carboxylic acids is 2. The average molecular weight is 448 g/mol. The molecule has 170 valence electrons. The molecule has 0 atom stereocenters. The zero-order chi connectivity index (χ0) is 23.6. The summed E-state index contributed by atoms with van der Waals surface area (Å²) in [6, 6.07) is 14.0. The summed E-state index contributed by atoms with van der Waals surface area (Å²) in [6.07, 6.45) is 0. The molecular formula is C24H24N4O5. The number of aromatic nitrogens is 2. The van der Waals surface area contributed by atoms with Gasteiger partial charge in [-0.25, -0.2) is 0 Å². The Morgan fingerprint density at radius 1 is 1.03 bits per heavy atom. The molecule has 0 unspecified atom stereocenters. The molecule has 2 aromatic carbocycles. The summed E-state index contributed by atoms with van der Waals surface area (Å²) in [6.45, 7) is 1.72. The number of aromatic amines is 1. The first-order valence-electron chi connectivity index (χ1n) is 10.0. The molecule has 1 heterocycles. The van der Waals surface area contributed by atoms with Gasteiger partial charge in [0, 0.05) is 24.2 Å². The Labute approximate surface area is 191 Å². The van der Waals surface area contributed by atoms with Crippen LogP contribution in [0.3, 0.4) is 0 Å². The maximum absolute atomic E-state index is 12.4. The lowest BCUT2D eigenvalue weighted by molar-refractivity contribution is -0.114. The number of H-pyrrole nitrogens is 1. The molecule has 0 radical (unpaired) electrons. The molecule has 0 bridgehead atoms. The van der Waals surface area contributed by atoms with Crippen molar-refractivity contribution in [2.75, 3.05) is 32.7 Å². The Morgan fingerprint density at radius 3 is 2.64 bits per heavy atom. The minimum Gasteiger partial charge on any atom is -0.497 e. The topological polar surface area (TPSA) is 115 Å². The smallest absolute Gasteiger partial charge is 0.270 e. The van der Waals surface area contributed by atoms with Crippen LogP contribution in [0.5, 0.6) is 17.2 Å². The Balaban J connectivity index is 1.52. The van der Waals surface area contributed by atoms with Gasteiger partial charge in [0.25, 0.3) is 5.91 Å². The predicted molar refractivity (Wildman–Crippen MR) is 123 cm³/mol. The highest BCUT2D eigenvalue weighted by Gasteiger charge is 2.14. The van der Waals surface area contributed by atoms with Crippen LogP contribution in [0.1, 0.15) is 17.4 Å². The third kappa shape index (κ3) is 6.51. The van der Waals surface area contributed by atoms with Gasteiger partial charge in [-0.3, -0.25) is 14.7 Å². The highest BCUT2D eigenvalue weighted by atomic mass is 16.5. The Hall–Kier alpha value is -4.45. The minimum absolute atomic E-state index is 0.142. The highest BCUT2D eigenvalue weighted by molar-refractivity contribution is 5.93. The molecule has 0 fully saturated rings. The van der Waals surface area contributed by atoms with Gasteiger partial charge in [0.2, 0.25) is 5.91 Å². The molecule has 33 heavy (non-hydrogen) atoms. The fraction of sp³-hybridized carbons (Fsp3) is 0.208. The summed E-state index contributed by atoms with van der Waals surface area (Å²) < 4.78 is 16.2. The lowest BCUT2D eigenvalue weighted by Gasteiger charge is -2.08. The van der Waals surface area contributed by atoms with Gasteiger partial charge in [-0.1, -0.05) is 17.9 Å². The second-order valence-corrected chi connectivity index (χ2v) is 6.77. The van der Waals surface area contributed by atoms with Crippen molar-refractivity contribution in [1.82, 2.24) is 15.5 Å². The van der Waals surface area contributed by atoms with E-state index in [1.807, 2.05) is 0 Å². The fourth-order valence-electron chi connectivity index (χ4n) is 2.91. The number of nitrogens with zero attached hydrogens (tertiary/aromatic N) is 1. The van der Waals surface area contributed by atoms with Gasteiger partial charge in [-0.15, -0.1) is 0 Å². The van der Waals surface area contributed by atoms with Crippen LogP contribution >= 0.6 is 0 Å². The van der Waals surface area contributed by atoms with Crippen molar-refractivity contribution in [2.24, 2.45) is 0 Å². The van der Waals surface area contributed by atoms with Crippen molar-refractivity contribution in [3.05, 3.63) is 54.2 Å². The van der Waals surface area contributed by atoms with Gasteiger partial charge in [0.1, 0.15) is 29.5 Å². The summed E-state index contributed by atoms with van der Waals surface area (Å²) in [5.74, 6) is 7.01. The van der Waals surface area contributed by atoms with Crippen molar-refractivity contribution in [1.29, 1.82) is 0 Å². The normalized spacial score (nSPS) is 9.91. The number of ether oxygens (including phenoxy) is 3. The summed E-state index contributed by atoms with van der Waals surface area (Å²) in [5, 5.41) is 12.3. The van der Waals surface area contributed by atoms with Crippen LogP contribution in [0.25, 0.3) is 11.3 Å². The van der Waals surface area contributed by atoms with Crippen LogP contribution in [0, 0.1) is 11.8 Å². The maximum atomic E-state index is 12.4.